The lowest BCUT2D eigenvalue weighted by Gasteiger charge is -2.53. The van der Waals surface area contributed by atoms with Gasteiger partial charge in [-0.3, -0.25) is 24.0 Å². The molecule has 7 fully saturated rings. The quantitative estimate of drug-likeness (QED) is 0.0200. The molecule has 0 aliphatic carbocycles. The summed E-state index contributed by atoms with van der Waals surface area (Å²) in [5, 5.41) is 253. The first kappa shape index (κ1) is 117. The van der Waals surface area contributed by atoms with Crippen LogP contribution in [0.1, 0.15) is 228 Å². The monoisotopic (exact) mass is 1950 g/mol. The molecular weight excluding hydrogens is 1790 g/mol. The summed E-state index contributed by atoms with van der Waals surface area (Å²) < 4.78 is 86.3. The van der Waals surface area contributed by atoms with E-state index in [0.717, 1.165) is 91.9 Å². The molecule has 38 atom stereocenters. The SMILES string of the molecule is CCCCCCCCCCCCC/C=C/[C@@H](O)[C@H](CO[C@@H]1OC(CO)[C@@H](O[C@@H]2OC(CO)[C@H](O[C@@H]3OC(CO)[C@H](O)[C@H](O)C3NC(C)=O)[C@H](O[C@@H]3OC(CO)[C@@H](O)[C@H](O[C@@H]4OC(CO)[C@H](O[C@@H]5OC(CO)[C@H](O)[C@H](O)C5NC(C)=O)[C@H](O[C@]5(C(=O)O)CC(O)[C@@H](NC(C)=O)C([C@H](O)[C@H](O)CO)O5)C4O)C3NC(C)=O)C2O)[C@H](O)C1O)NC(=O)CCCCCCCCCCCCCCCCC. The van der Waals surface area contributed by atoms with Crippen molar-refractivity contribution < 1.29 is 202 Å². The topological polar surface area (TPSA) is 717 Å². The van der Waals surface area contributed by atoms with Crippen molar-refractivity contribution in [1.29, 1.82) is 0 Å². The number of aliphatic carboxylic acids is 1. The van der Waals surface area contributed by atoms with Crippen LogP contribution in [0.3, 0.4) is 0 Å². The number of hydrogen-bond donors (Lipinski definition) is 26. The van der Waals surface area contributed by atoms with Gasteiger partial charge in [0.25, 0.3) is 5.79 Å². The standard InChI is InChI=1S/C89H157N5O41/c1-7-9-11-13-15-17-19-21-22-24-26-28-30-32-34-36-60(109)94-50(51(106)35-33-31-29-27-25-23-20-18-16-14-12-10-8-2)45-122-85-72(117)71(116)75(57(42-99)126-85)129-86-73(118)80(76(58(43-100)127-86)130-82-62(91-47(4)103)69(114)66(111)54(39-96)123-82)133-84-64(93-49(6)105)78(68(113)56(41-98)125-84)132-87-74(119)81(77(59(44-101)128-87)131-83-63(92-48(5)104)70(115)67(112)55(40-97)124-83)135-89(88(120)121)37-52(107)61(90-46(3)102)79(134-89)65(110)53(108)38-95/h33,35,50-59,61-87,95-101,106-108,110-119H,7-32,34,36-45H2,1-6H3,(H,90,102)(H,91,103)(H,92,104)(H,93,105)(H,94,109)(H,120,121)/b35-33+/t50-,51+,52?,53+,54?,55?,56?,57?,58?,59?,61+,62?,63?,64?,65+,66-,67-,68+,69+,70+,71+,72?,73?,74?,75+,76-,77-,78+,79?,80+,81+,82-,83-,84-,85+,86-,87-,89-/m0/s1. The Morgan fingerprint density at radius 2 is 0.748 bits per heavy atom. The number of hydrogen-bond acceptors (Lipinski definition) is 40. The summed E-state index contributed by atoms with van der Waals surface area (Å²) >= 11 is 0. The number of ether oxygens (including phenoxy) is 14. The fourth-order valence-corrected chi connectivity index (χ4v) is 18.1. The van der Waals surface area contributed by atoms with Crippen LogP contribution < -0.4 is 26.6 Å². The van der Waals surface area contributed by atoms with Gasteiger partial charge < -0.3 is 200 Å². The lowest BCUT2D eigenvalue weighted by Crippen LogP contribution is -2.73. The number of carbonyl (C=O) groups excluding carboxylic acids is 5. The zero-order chi connectivity index (χ0) is 99.3. The number of aliphatic hydroxyl groups is 20. The number of allylic oxidation sites excluding steroid dienone is 1. The zero-order valence-electron chi connectivity index (χ0n) is 78.2. The molecule has 0 aromatic heterocycles. The molecule has 0 saturated carbocycles. The van der Waals surface area contributed by atoms with Crippen LogP contribution in [0.25, 0.3) is 0 Å². The van der Waals surface area contributed by atoms with Crippen molar-refractivity contribution in [2.24, 2.45) is 0 Å². The van der Waals surface area contributed by atoms with Crippen molar-refractivity contribution in [1.82, 2.24) is 26.6 Å². The Hall–Kier alpha value is -4.80. The van der Waals surface area contributed by atoms with Gasteiger partial charge in [-0.15, -0.1) is 0 Å². The summed E-state index contributed by atoms with van der Waals surface area (Å²) in [5.41, 5.74) is 0. The van der Waals surface area contributed by atoms with Gasteiger partial charge in [-0.05, 0) is 19.3 Å². The average molecular weight is 1950 g/mol. The molecule has 46 nitrogen and oxygen atoms in total. The normalized spacial score (nSPS) is 36.7. The second kappa shape index (κ2) is 60.0. The highest BCUT2D eigenvalue weighted by molar-refractivity contribution is 5.77. The van der Waals surface area contributed by atoms with Crippen molar-refractivity contribution in [3.8, 4) is 0 Å². The van der Waals surface area contributed by atoms with Crippen LogP contribution in [-0.2, 0) is 95.1 Å². The molecule has 26 N–H and O–H groups in total. The van der Waals surface area contributed by atoms with Crippen LogP contribution in [0.4, 0.5) is 0 Å². The van der Waals surface area contributed by atoms with Crippen molar-refractivity contribution in [3.63, 3.8) is 0 Å². The van der Waals surface area contributed by atoms with Gasteiger partial charge in [0, 0.05) is 40.5 Å². The zero-order valence-corrected chi connectivity index (χ0v) is 78.2. The molecule has 0 radical (unpaired) electrons. The van der Waals surface area contributed by atoms with E-state index < -0.39 is 327 Å². The van der Waals surface area contributed by atoms with Gasteiger partial charge in [-0.25, -0.2) is 4.79 Å². The van der Waals surface area contributed by atoms with Crippen molar-refractivity contribution in [2.45, 2.75) is 460 Å². The number of carboxylic acid groups (broad SMARTS) is 1. The molecule has 135 heavy (non-hydrogen) atoms. The van der Waals surface area contributed by atoms with Crippen LogP contribution in [0.2, 0.25) is 0 Å². The Bertz CT molecular complexity index is 3430. The van der Waals surface area contributed by atoms with Gasteiger partial charge in [0.05, 0.1) is 77.1 Å². The summed E-state index contributed by atoms with van der Waals surface area (Å²) in [5.74, 6) is -9.92. The Morgan fingerprint density at radius 3 is 1.19 bits per heavy atom. The molecule has 0 aromatic carbocycles. The van der Waals surface area contributed by atoms with Crippen LogP contribution in [-0.4, -0.2) is 428 Å². The summed E-state index contributed by atoms with van der Waals surface area (Å²) in [6.07, 6.45) is -37.4. The van der Waals surface area contributed by atoms with Crippen LogP contribution in [0, 0.1) is 0 Å². The Labute approximate surface area is 786 Å². The minimum atomic E-state index is -3.49. The maximum absolute atomic E-state index is 14.0. The molecule has 5 amide bonds. The van der Waals surface area contributed by atoms with E-state index in [1.165, 1.54) is 102 Å². The van der Waals surface area contributed by atoms with Crippen LogP contribution in [0.15, 0.2) is 12.2 Å². The van der Waals surface area contributed by atoms with E-state index in [9.17, 15) is 136 Å². The molecule has 7 heterocycles. The Kier molecular flexibility index (Phi) is 52.0. The van der Waals surface area contributed by atoms with Crippen LogP contribution in [0.5, 0.6) is 0 Å². The molecule has 7 rings (SSSR count). The van der Waals surface area contributed by atoms with Gasteiger partial charge in [0.1, 0.15) is 165 Å². The predicted octanol–water partition coefficient (Wildman–Crippen LogP) is -5.11. The third kappa shape index (κ3) is 34.2. The molecule has 14 unspecified atom stereocenters. The van der Waals surface area contributed by atoms with Gasteiger partial charge in [-0.2, -0.15) is 0 Å². The van der Waals surface area contributed by atoms with Crippen molar-refractivity contribution in [2.75, 3.05) is 52.9 Å². The number of aliphatic hydroxyl groups excluding tert-OH is 20. The van der Waals surface area contributed by atoms with E-state index in [0.29, 0.717) is 12.8 Å². The largest absolute Gasteiger partial charge is 0.477 e. The minimum Gasteiger partial charge on any atom is -0.477 e. The summed E-state index contributed by atoms with van der Waals surface area (Å²) in [6.45, 7) is -0.693. The molecular formula is C89H157N5O41. The molecule has 0 spiro atoms. The maximum atomic E-state index is 14.0. The fourth-order valence-electron chi connectivity index (χ4n) is 18.1. The van der Waals surface area contributed by atoms with Crippen molar-refractivity contribution >= 4 is 35.5 Å². The highest BCUT2D eigenvalue weighted by Crippen LogP contribution is 2.43. The average Bonchev–Trinajstić information content (AvgIpc) is 0.741. The third-order valence-electron chi connectivity index (χ3n) is 25.6. The lowest BCUT2D eigenvalue weighted by atomic mass is 9.88. The first-order valence-corrected chi connectivity index (χ1v) is 48.1. The minimum absolute atomic E-state index is 0.103. The highest BCUT2D eigenvalue weighted by Gasteiger charge is 2.64. The smallest absolute Gasteiger partial charge is 0.364 e. The van der Waals surface area contributed by atoms with E-state index >= 15 is 0 Å². The summed E-state index contributed by atoms with van der Waals surface area (Å²) in [4.78, 5) is 79.7. The fraction of sp³-hybridized carbons (Fsp3) is 0.910. The summed E-state index contributed by atoms with van der Waals surface area (Å²) in [7, 11) is 0. The molecule has 7 saturated heterocycles. The van der Waals surface area contributed by atoms with Gasteiger partial charge in [0.2, 0.25) is 29.5 Å². The third-order valence-corrected chi connectivity index (χ3v) is 25.6. The Balaban J connectivity index is 1.20. The molecule has 0 bridgehead atoms. The van der Waals surface area contributed by atoms with Gasteiger partial charge >= 0.3 is 5.97 Å². The molecule has 7 aliphatic rings. The highest BCUT2D eigenvalue weighted by atomic mass is 16.8. The number of unbranched alkanes of at least 4 members (excludes halogenated alkanes) is 25. The van der Waals surface area contributed by atoms with E-state index in [-0.39, 0.29) is 6.42 Å². The first-order valence-electron chi connectivity index (χ1n) is 48.1. The number of carbonyl (C=O) groups is 6. The predicted molar refractivity (Wildman–Crippen MR) is 467 cm³/mol. The number of amides is 5. The first-order chi connectivity index (χ1) is 64.5. The number of nitrogens with one attached hydrogen (secondary N) is 5. The van der Waals surface area contributed by atoms with Crippen molar-refractivity contribution in [3.05, 3.63) is 12.2 Å². The second-order valence-corrected chi connectivity index (χ2v) is 36.4. The van der Waals surface area contributed by atoms with E-state index in [1.54, 1.807) is 6.08 Å². The van der Waals surface area contributed by atoms with E-state index in [2.05, 4.69) is 40.4 Å². The summed E-state index contributed by atoms with van der Waals surface area (Å²) in [6, 6.07) is -8.91. The maximum Gasteiger partial charge on any atom is 0.364 e. The molecule has 7 aliphatic heterocycles. The second-order valence-electron chi connectivity index (χ2n) is 36.4. The van der Waals surface area contributed by atoms with Gasteiger partial charge in [0.15, 0.2) is 37.7 Å². The molecule has 0 aromatic rings. The lowest BCUT2D eigenvalue weighted by molar-refractivity contribution is -0.404. The molecule has 784 valence electrons. The number of carboxylic acids is 1. The van der Waals surface area contributed by atoms with Gasteiger partial charge in [-0.1, -0.05) is 180 Å². The number of rotatable bonds is 60. The van der Waals surface area contributed by atoms with E-state index in [1.807, 2.05) is 0 Å². The van der Waals surface area contributed by atoms with Crippen LogP contribution >= 0.6 is 0 Å². The molecule has 46 heteroatoms. The Morgan fingerprint density at radius 1 is 0.385 bits per heavy atom. The van der Waals surface area contributed by atoms with E-state index in [4.69, 9.17) is 66.3 Å².